The van der Waals surface area contributed by atoms with E-state index in [1.54, 1.807) is 0 Å². The number of halogens is 2. The average Bonchev–Trinajstić information content (AvgIpc) is 2.92. The number of benzene rings is 1. The minimum Gasteiger partial charge on any atom is -0.373 e. The third-order valence-electron chi connectivity index (χ3n) is 3.78. The first-order valence-electron chi connectivity index (χ1n) is 7.98. The van der Waals surface area contributed by atoms with Gasteiger partial charge < -0.3 is 4.74 Å². The van der Waals surface area contributed by atoms with Crippen LogP contribution in [0.5, 0.6) is 0 Å². The Bertz CT molecular complexity index is 738. The lowest BCUT2D eigenvalue weighted by molar-refractivity contribution is -0.0707. The van der Waals surface area contributed by atoms with Crippen LogP contribution in [0.4, 0.5) is 13.9 Å². The van der Waals surface area contributed by atoms with E-state index in [0.717, 1.165) is 37.0 Å². The van der Waals surface area contributed by atoms with Gasteiger partial charge in [-0.15, -0.1) is 11.3 Å². The van der Waals surface area contributed by atoms with Crippen molar-refractivity contribution in [2.75, 3.05) is 18.4 Å². The number of ether oxygens (including phenoxy) is 1. The molecule has 1 aliphatic rings. The number of aromatic nitrogens is 1. The van der Waals surface area contributed by atoms with E-state index in [1.165, 1.54) is 11.3 Å². The number of hydrogen-bond donors (Lipinski definition) is 1. The third kappa shape index (κ3) is 4.81. The van der Waals surface area contributed by atoms with Gasteiger partial charge in [0.1, 0.15) is 11.6 Å². The van der Waals surface area contributed by atoms with Gasteiger partial charge in [0, 0.05) is 36.6 Å². The zero-order valence-corrected chi connectivity index (χ0v) is 14.8. The maximum Gasteiger partial charge on any atom is 0.257 e. The number of nitrogens with zero attached hydrogens (tertiary/aromatic N) is 2. The first kappa shape index (κ1) is 17.9. The van der Waals surface area contributed by atoms with Gasteiger partial charge in [0.2, 0.25) is 0 Å². The van der Waals surface area contributed by atoms with Crippen LogP contribution in [0.3, 0.4) is 0 Å². The molecule has 134 valence electrons. The summed E-state index contributed by atoms with van der Waals surface area (Å²) >= 11 is 1.28. The summed E-state index contributed by atoms with van der Waals surface area (Å²) in [6.07, 6.45) is 0.342. The van der Waals surface area contributed by atoms with E-state index in [4.69, 9.17) is 4.74 Å². The van der Waals surface area contributed by atoms with Gasteiger partial charge >= 0.3 is 0 Å². The number of carbonyl (C=O) groups is 1. The van der Waals surface area contributed by atoms with Gasteiger partial charge in [0.25, 0.3) is 5.91 Å². The highest BCUT2D eigenvalue weighted by Gasteiger charge is 2.23. The summed E-state index contributed by atoms with van der Waals surface area (Å²) < 4.78 is 32.1. The summed E-state index contributed by atoms with van der Waals surface area (Å²) in [6.45, 7) is 6.39. The number of thiazole rings is 1. The van der Waals surface area contributed by atoms with E-state index in [1.807, 2.05) is 19.2 Å². The van der Waals surface area contributed by atoms with Crippen LogP contribution < -0.4 is 5.32 Å². The first-order valence-corrected chi connectivity index (χ1v) is 8.86. The number of morpholine rings is 1. The van der Waals surface area contributed by atoms with Crippen molar-refractivity contribution < 1.29 is 18.3 Å². The molecular formula is C17H19F2N3O2S. The fourth-order valence-corrected chi connectivity index (χ4v) is 3.63. The number of rotatable bonds is 4. The van der Waals surface area contributed by atoms with Crippen molar-refractivity contribution in [2.24, 2.45) is 0 Å². The molecule has 8 heteroatoms. The minimum absolute atomic E-state index is 0.0786. The number of carbonyl (C=O) groups excluding carboxylic acids is 1. The topological polar surface area (TPSA) is 54.5 Å². The highest BCUT2D eigenvalue weighted by Crippen LogP contribution is 2.20. The molecule has 0 aliphatic carbocycles. The molecule has 1 fully saturated rings. The molecular weight excluding hydrogens is 348 g/mol. The fourth-order valence-electron chi connectivity index (χ4n) is 2.93. The number of hydrogen-bond acceptors (Lipinski definition) is 5. The summed E-state index contributed by atoms with van der Waals surface area (Å²) in [5, 5.41) is 4.85. The van der Waals surface area contributed by atoms with Crippen LogP contribution in [0.25, 0.3) is 0 Å². The zero-order chi connectivity index (χ0) is 18.0. The minimum atomic E-state index is -0.791. The van der Waals surface area contributed by atoms with Gasteiger partial charge in [0.05, 0.1) is 17.9 Å². The van der Waals surface area contributed by atoms with Gasteiger partial charge in [0.15, 0.2) is 5.13 Å². The fraction of sp³-hybridized carbons (Fsp3) is 0.412. The Morgan fingerprint density at radius 3 is 2.56 bits per heavy atom. The Labute approximate surface area is 148 Å². The van der Waals surface area contributed by atoms with Gasteiger partial charge in [-0.2, -0.15) is 0 Å². The second kappa shape index (κ2) is 7.55. The van der Waals surface area contributed by atoms with E-state index in [-0.39, 0.29) is 17.8 Å². The molecule has 0 radical (unpaired) electrons. The number of amides is 1. The van der Waals surface area contributed by atoms with E-state index in [9.17, 15) is 13.6 Å². The normalized spacial score (nSPS) is 21.3. The highest BCUT2D eigenvalue weighted by atomic mass is 32.1. The predicted octanol–water partition coefficient (Wildman–Crippen LogP) is 3.28. The molecule has 0 bridgehead atoms. The Kier molecular flexibility index (Phi) is 5.41. The molecule has 25 heavy (non-hydrogen) atoms. The van der Waals surface area contributed by atoms with Crippen molar-refractivity contribution >= 4 is 22.4 Å². The monoisotopic (exact) mass is 367 g/mol. The lowest BCUT2D eigenvalue weighted by Gasteiger charge is -2.34. The lowest BCUT2D eigenvalue weighted by atomic mass is 10.2. The van der Waals surface area contributed by atoms with Gasteiger partial charge in [-0.25, -0.2) is 13.8 Å². The predicted molar refractivity (Wildman–Crippen MR) is 91.7 cm³/mol. The standard InChI is InChI=1S/C17H19F2N3O2S/c1-10-6-22(7-11(2)24-10)8-15-9-25-17(20-15)21-16(23)12-3-13(18)5-14(19)4-12/h3-5,9-11H,6-8H2,1-2H3,(H,20,21,23)/t10-,11-/m0/s1. The Hall–Kier alpha value is -1.90. The molecule has 5 nitrogen and oxygen atoms in total. The van der Waals surface area contributed by atoms with Crippen LogP contribution in [0.15, 0.2) is 23.6 Å². The van der Waals surface area contributed by atoms with Gasteiger partial charge in [-0.3, -0.25) is 15.0 Å². The summed E-state index contributed by atoms with van der Waals surface area (Å²) in [7, 11) is 0. The van der Waals surface area contributed by atoms with Crippen LogP contribution >= 0.6 is 11.3 Å². The average molecular weight is 367 g/mol. The van der Waals surface area contributed by atoms with Crippen molar-refractivity contribution in [3.05, 3.63) is 46.5 Å². The first-order chi connectivity index (χ1) is 11.9. The maximum absolute atomic E-state index is 13.2. The van der Waals surface area contributed by atoms with Gasteiger partial charge in [-0.05, 0) is 26.0 Å². The van der Waals surface area contributed by atoms with Crippen LogP contribution in [-0.4, -0.2) is 41.1 Å². The second-order valence-electron chi connectivity index (χ2n) is 6.21. The van der Waals surface area contributed by atoms with Crippen molar-refractivity contribution in [1.82, 2.24) is 9.88 Å². The number of anilines is 1. The molecule has 0 unspecified atom stereocenters. The van der Waals surface area contributed by atoms with Crippen molar-refractivity contribution in [3.8, 4) is 0 Å². The van der Waals surface area contributed by atoms with Crippen molar-refractivity contribution in [2.45, 2.75) is 32.6 Å². The summed E-state index contributed by atoms with van der Waals surface area (Å²) in [4.78, 5) is 18.7. The molecule has 1 N–H and O–H groups in total. The Balaban J connectivity index is 1.62. The second-order valence-corrected chi connectivity index (χ2v) is 7.07. The SMILES string of the molecule is C[C@H]1CN(Cc2csc(NC(=O)c3cc(F)cc(F)c3)n2)C[C@H](C)O1. The van der Waals surface area contributed by atoms with Crippen molar-refractivity contribution in [3.63, 3.8) is 0 Å². The van der Waals surface area contributed by atoms with Crippen molar-refractivity contribution in [1.29, 1.82) is 0 Å². The molecule has 1 aliphatic heterocycles. The lowest BCUT2D eigenvalue weighted by Crippen LogP contribution is -2.44. The Morgan fingerprint density at radius 2 is 1.92 bits per heavy atom. The van der Waals surface area contributed by atoms with E-state index >= 15 is 0 Å². The smallest absolute Gasteiger partial charge is 0.257 e. The number of nitrogens with one attached hydrogen (secondary N) is 1. The summed E-state index contributed by atoms with van der Waals surface area (Å²) in [5.74, 6) is -2.17. The quantitative estimate of drug-likeness (QED) is 0.901. The highest BCUT2D eigenvalue weighted by molar-refractivity contribution is 7.13. The molecule has 2 heterocycles. The Morgan fingerprint density at radius 1 is 1.28 bits per heavy atom. The molecule has 0 saturated carbocycles. The summed E-state index contributed by atoms with van der Waals surface area (Å²) in [5.41, 5.74) is 0.761. The van der Waals surface area contributed by atoms with E-state index in [2.05, 4.69) is 15.2 Å². The van der Waals surface area contributed by atoms with Crippen LogP contribution in [0, 0.1) is 11.6 Å². The van der Waals surface area contributed by atoms with Crippen LogP contribution in [0.2, 0.25) is 0 Å². The van der Waals surface area contributed by atoms with Gasteiger partial charge in [-0.1, -0.05) is 0 Å². The molecule has 3 rings (SSSR count). The van der Waals surface area contributed by atoms with E-state index in [0.29, 0.717) is 11.7 Å². The van der Waals surface area contributed by atoms with Crippen LogP contribution in [0.1, 0.15) is 29.9 Å². The molecule has 1 saturated heterocycles. The van der Waals surface area contributed by atoms with Crippen LogP contribution in [-0.2, 0) is 11.3 Å². The molecule has 1 aromatic heterocycles. The molecule has 2 aromatic rings. The third-order valence-corrected chi connectivity index (χ3v) is 4.58. The maximum atomic E-state index is 13.2. The molecule has 0 spiro atoms. The molecule has 2 atom stereocenters. The zero-order valence-electron chi connectivity index (χ0n) is 14.0. The largest absolute Gasteiger partial charge is 0.373 e. The van der Waals surface area contributed by atoms with E-state index < -0.39 is 17.5 Å². The molecule has 1 aromatic carbocycles. The summed E-state index contributed by atoms with van der Waals surface area (Å²) in [6, 6.07) is 2.70. The molecule has 1 amide bonds.